The number of benzene rings is 5. The number of hydrogen-bond donors (Lipinski definition) is 5. The number of carbonyl (C=O) groups is 6. The summed E-state index contributed by atoms with van der Waals surface area (Å²) >= 11 is 0. The molecule has 13 nitrogen and oxygen atoms in total. The van der Waals surface area contributed by atoms with Crippen LogP contribution < -0.4 is 27.0 Å². The van der Waals surface area contributed by atoms with Crippen molar-refractivity contribution >= 4 is 35.4 Å². The molecule has 1 aliphatic rings. The Balaban J connectivity index is 1.19. The first-order chi connectivity index (χ1) is 31.4. The van der Waals surface area contributed by atoms with E-state index in [9.17, 15) is 28.8 Å². The van der Waals surface area contributed by atoms with Gasteiger partial charge in [-0.25, -0.2) is 4.79 Å². The number of rotatable bonds is 19. The second kappa shape index (κ2) is 20.9. The molecule has 0 radical (unpaired) electrons. The van der Waals surface area contributed by atoms with Crippen molar-refractivity contribution in [2.75, 3.05) is 13.2 Å². The average molecular weight is 894 g/mol. The first-order valence-corrected chi connectivity index (χ1v) is 22.1. The molecule has 5 aromatic carbocycles. The van der Waals surface area contributed by atoms with Gasteiger partial charge in [-0.15, -0.1) is 0 Å². The van der Waals surface area contributed by atoms with Crippen LogP contribution in [0, 0.1) is 0 Å². The number of carbonyl (C=O) groups excluding carboxylic acids is 6. The summed E-state index contributed by atoms with van der Waals surface area (Å²) in [5.41, 5.74) is 8.91. The summed E-state index contributed by atoms with van der Waals surface area (Å²) in [6, 6.07) is 41.5. The van der Waals surface area contributed by atoms with Crippen molar-refractivity contribution in [1.29, 1.82) is 0 Å². The molecule has 66 heavy (non-hydrogen) atoms. The van der Waals surface area contributed by atoms with E-state index in [1.54, 1.807) is 6.92 Å². The Bertz CT molecular complexity index is 2380. The monoisotopic (exact) mass is 893 g/mol. The summed E-state index contributed by atoms with van der Waals surface area (Å²) in [5, 5.41) is 11.0. The first kappa shape index (κ1) is 48.5. The zero-order valence-electron chi connectivity index (χ0n) is 38.3. The van der Waals surface area contributed by atoms with E-state index in [0.29, 0.717) is 0 Å². The fourth-order valence-electron chi connectivity index (χ4n) is 8.34. The van der Waals surface area contributed by atoms with Gasteiger partial charge in [0.05, 0.1) is 18.2 Å². The zero-order valence-corrected chi connectivity index (χ0v) is 38.3. The van der Waals surface area contributed by atoms with Crippen molar-refractivity contribution in [3.63, 3.8) is 0 Å². The third kappa shape index (κ3) is 11.5. The number of ether oxygens (including phenoxy) is 2. The molecule has 0 fully saturated rings. The molecular formula is C53H59N5O8. The van der Waals surface area contributed by atoms with E-state index in [4.69, 9.17) is 15.2 Å². The highest BCUT2D eigenvalue weighted by atomic mass is 16.5. The second-order valence-corrected chi connectivity index (χ2v) is 18.0. The Morgan fingerprint density at radius 3 is 1.58 bits per heavy atom. The van der Waals surface area contributed by atoms with Gasteiger partial charge in [0.2, 0.25) is 23.6 Å². The molecule has 6 rings (SSSR count). The molecule has 1 aliphatic carbocycles. The standard InChI is InChI=1S/C53H59N5O8/c1-34(66-51(2,3)4)46(54)49(63)55-32-45(60)56-43(30-31-44(59)57-53(35-20-10-7-11-21-35,36-22-12-8-13-23-36)37-24-14-9-15-25-37)48(62)58-52(5,6)47(61)50(64)65-33-42-40-28-18-16-26-38(40)39-27-17-19-29-41(39)42/h7-29,34,42-43,46H,30-33,54H2,1-6H3,(H,55,63)(H,56,60)(H,57,59)(H,58,62)/t34-,43+,46+/m1/s1. The predicted octanol–water partition coefficient (Wildman–Crippen LogP) is 5.83. The molecule has 0 bridgehead atoms. The van der Waals surface area contributed by atoms with E-state index in [-0.39, 0.29) is 25.4 Å². The van der Waals surface area contributed by atoms with Gasteiger partial charge >= 0.3 is 5.97 Å². The first-order valence-electron chi connectivity index (χ1n) is 22.1. The van der Waals surface area contributed by atoms with Crippen molar-refractivity contribution in [1.82, 2.24) is 21.3 Å². The van der Waals surface area contributed by atoms with Crippen LogP contribution in [-0.4, -0.2) is 77.9 Å². The minimum atomic E-state index is -1.81. The van der Waals surface area contributed by atoms with Gasteiger partial charge in [-0.05, 0) is 86.9 Å². The van der Waals surface area contributed by atoms with Gasteiger partial charge < -0.3 is 36.5 Å². The Morgan fingerprint density at radius 2 is 1.09 bits per heavy atom. The molecular weight excluding hydrogens is 835 g/mol. The number of nitrogens with one attached hydrogen (secondary N) is 4. The molecule has 0 heterocycles. The quantitative estimate of drug-likeness (QED) is 0.0386. The van der Waals surface area contributed by atoms with Crippen molar-refractivity contribution in [3.05, 3.63) is 167 Å². The van der Waals surface area contributed by atoms with Crippen molar-refractivity contribution in [2.24, 2.45) is 5.73 Å². The van der Waals surface area contributed by atoms with E-state index in [1.807, 2.05) is 160 Å². The number of fused-ring (bicyclic) bond motifs is 3. The summed E-state index contributed by atoms with van der Waals surface area (Å²) in [6.45, 7) is 9.16. The Hall–Kier alpha value is -6.96. The third-order valence-electron chi connectivity index (χ3n) is 11.6. The van der Waals surface area contributed by atoms with Crippen LogP contribution in [0.25, 0.3) is 11.1 Å². The van der Waals surface area contributed by atoms with E-state index >= 15 is 0 Å². The van der Waals surface area contributed by atoms with E-state index in [0.717, 1.165) is 38.9 Å². The highest BCUT2D eigenvalue weighted by Gasteiger charge is 2.41. The van der Waals surface area contributed by atoms with Crippen LogP contribution in [0.5, 0.6) is 0 Å². The summed E-state index contributed by atoms with van der Waals surface area (Å²) in [7, 11) is 0. The maximum absolute atomic E-state index is 14.3. The summed E-state index contributed by atoms with van der Waals surface area (Å²) in [4.78, 5) is 82.1. The van der Waals surface area contributed by atoms with Crippen LogP contribution in [0.4, 0.5) is 0 Å². The minimum absolute atomic E-state index is 0.108. The third-order valence-corrected chi connectivity index (χ3v) is 11.6. The maximum Gasteiger partial charge on any atom is 0.377 e. The van der Waals surface area contributed by atoms with Gasteiger partial charge in [-0.1, -0.05) is 140 Å². The van der Waals surface area contributed by atoms with Crippen LogP contribution in [0.3, 0.4) is 0 Å². The lowest BCUT2D eigenvalue weighted by Gasteiger charge is -2.37. The Morgan fingerprint density at radius 1 is 0.621 bits per heavy atom. The van der Waals surface area contributed by atoms with Gasteiger partial charge in [0.15, 0.2) is 0 Å². The van der Waals surface area contributed by atoms with E-state index in [1.165, 1.54) is 13.8 Å². The molecule has 6 N–H and O–H groups in total. The maximum atomic E-state index is 14.3. The largest absolute Gasteiger partial charge is 0.459 e. The topological polar surface area (TPSA) is 195 Å². The summed E-state index contributed by atoms with van der Waals surface area (Å²) in [5.74, 6) is -5.21. The van der Waals surface area contributed by atoms with Gasteiger partial charge in [0.1, 0.15) is 29.8 Å². The molecule has 0 saturated heterocycles. The molecule has 3 atom stereocenters. The lowest BCUT2D eigenvalue weighted by molar-refractivity contribution is -0.157. The van der Waals surface area contributed by atoms with Crippen molar-refractivity contribution in [3.8, 4) is 11.1 Å². The number of hydrogen-bond acceptors (Lipinski definition) is 9. The molecule has 0 spiro atoms. The summed E-state index contributed by atoms with van der Waals surface area (Å²) < 4.78 is 11.4. The molecule has 0 saturated carbocycles. The number of nitrogens with two attached hydrogens (primary N) is 1. The van der Waals surface area contributed by atoms with Crippen LogP contribution >= 0.6 is 0 Å². The lowest BCUT2D eigenvalue weighted by atomic mass is 9.77. The molecule has 344 valence electrons. The number of Topliss-reactive ketones (excluding diaryl/α,β-unsaturated/α-hetero) is 1. The number of esters is 1. The van der Waals surface area contributed by atoms with Crippen molar-refractivity contribution < 1.29 is 38.2 Å². The molecule has 0 unspecified atom stereocenters. The van der Waals surface area contributed by atoms with Crippen LogP contribution in [0.15, 0.2) is 140 Å². The SMILES string of the molecule is C[C@@H](OC(C)(C)C)[C@H](N)C(=O)NCC(=O)N[C@@H](CCC(=O)NC(c1ccccc1)(c1ccccc1)c1ccccc1)C(=O)NC(C)(C)C(=O)C(=O)OCC1c2ccccc2-c2ccccc21. The number of ketones is 1. The van der Waals surface area contributed by atoms with E-state index in [2.05, 4.69) is 21.3 Å². The fourth-order valence-corrected chi connectivity index (χ4v) is 8.34. The van der Waals surface area contributed by atoms with Crippen LogP contribution in [0.2, 0.25) is 0 Å². The fraction of sp³-hybridized carbons (Fsp3) is 0.321. The van der Waals surface area contributed by atoms with Gasteiger partial charge in [0.25, 0.3) is 5.78 Å². The Kier molecular flexibility index (Phi) is 15.4. The molecule has 0 aromatic heterocycles. The molecule has 5 aromatic rings. The van der Waals surface area contributed by atoms with Crippen LogP contribution in [-0.2, 0) is 43.8 Å². The Labute approximate surface area is 386 Å². The van der Waals surface area contributed by atoms with Gasteiger partial charge in [-0.3, -0.25) is 24.0 Å². The smallest absolute Gasteiger partial charge is 0.377 e. The molecule has 4 amide bonds. The average Bonchev–Trinajstić information content (AvgIpc) is 3.63. The molecule has 13 heteroatoms. The van der Waals surface area contributed by atoms with Gasteiger partial charge in [0, 0.05) is 12.3 Å². The van der Waals surface area contributed by atoms with Crippen molar-refractivity contribution in [2.45, 2.75) is 95.2 Å². The predicted molar refractivity (Wildman–Crippen MR) is 252 cm³/mol. The highest BCUT2D eigenvalue weighted by Crippen LogP contribution is 2.44. The molecule has 0 aliphatic heterocycles. The zero-order chi connectivity index (χ0) is 47.6. The van der Waals surface area contributed by atoms with Gasteiger partial charge in [-0.2, -0.15) is 0 Å². The van der Waals surface area contributed by atoms with E-state index < -0.39 is 76.8 Å². The normalized spacial score (nSPS) is 13.8. The van der Waals surface area contributed by atoms with Crippen LogP contribution in [0.1, 0.15) is 88.1 Å². The highest BCUT2D eigenvalue weighted by molar-refractivity contribution is 6.37. The second-order valence-electron chi connectivity index (χ2n) is 18.0. The lowest BCUT2D eigenvalue weighted by Crippen LogP contribution is -2.59. The minimum Gasteiger partial charge on any atom is -0.459 e. The number of amides is 4. The summed E-state index contributed by atoms with van der Waals surface area (Å²) in [6.07, 6.45) is -1.19.